The number of hydrogen-bond donors (Lipinski definition) is 4. The number of rotatable bonds is 17. The van der Waals surface area contributed by atoms with E-state index in [0.29, 0.717) is 13.0 Å². The van der Waals surface area contributed by atoms with Gasteiger partial charge in [-0.25, -0.2) is 5.43 Å². The smallest absolute Gasteiger partial charge is 0.550 e. The average Bonchev–Trinajstić information content (AvgIpc) is 2.64. The summed E-state index contributed by atoms with van der Waals surface area (Å²) in [5.41, 5.74) is 5.23. The van der Waals surface area contributed by atoms with Crippen molar-refractivity contribution in [3.05, 3.63) is 0 Å². The maximum atomic E-state index is 11.3. The van der Waals surface area contributed by atoms with Crippen molar-refractivity contribution in [2.75, 3.05) is 13.2 Å². The molecule has 0 radical (unpaired) electrons. The quantitative estimate of drug-likeness (QED) is 0.0644. The van der Waals surface area contributed by atoms with Crippen molar-refractivity contribution < 1.29 is 102 Å². The first-order valence-electron chi connectivity index (χ1n) is 10.1. The predicted molar refractivity (Wildman–Crippen MR) is 105 cm³/mol. The van der Waals surface area contributed by atoms with E-state index in [4.69, 9.17) is 9.66 Å². The third-order valence-electron chi connectivity index (χ3n) is 3.95. The molecule has 0 spiro atoms. The summed E-state index contributed by atoms with van der Waals surface area (Å²) in [5.74, 6) is -4.06. The van der Waals surface area contributed by atoms with Gasteiger partial charge in [0.1, 0.15) is 5.25 Å². The van der Waals surface area contributed by atoms with Gasteiger partial charge in [-0.15, -0.1) is 0 Å². The molecule has 1 atom stereocenters. The van der Waals surface area contributed by atoms with Crippen LogP contribution in [-0.2, 0) is 24.5 Å². The fourth-order valence-corrected chi connectivity index (χ4v) is 2.93. The van der Waals surface area contributed by atoms with Gasteiger partial charge >= 0.3 is 59.1 Å². The molecule has 11 nitrogen and oxygen atoms in total. The summed E-state index contributed by atoms with van der Waals surface area (Å²) in [7, 11) is -4.94. The molecule has 0 aromatic heterocycles. The van der Waals surface area contributed by atoms with Gasteiger partial charge in [-0.1, -0.05) is 58.3 Å². The van der Waals surface area contributed by atoms with Crippen molar-refractivity contribution in [3.63, 3.8) is 0 Å². The van der Waals surface area contributed by atoms with E-state index in [9.17, 15) is 33.0 Å². The summed E-state index contributed by atoms with van der Waals surface area (Å²) in [6.45, 7) is 2.68. The molecule has 0 rings (SSSR count). The fraction of sp³-hybridized carbons (Fsp3) is 0.833. The van der Waals surface area contributed by atoms with E-state index >= 15 is 0 Å². The SMILES string of the molecule is CCCCCCCCCCCC(=O)NNCCO.O=C([O-])CC(C(=O)[O-])S(=O)(=O)O.[Na+].[Na+]. The molecule has 0 aliphatic carbocycles. The van der Waals surface area contributed by atoms with Gasteiger partial charge < -0.3 is 24.9 Å². The summed E-state index contributed by atoms with van der Waals surface area (Å²) >= 11 is 0. The first-order chi connectivity index (χ1) is 14.1. The Morgan fingerprint density at radius 3 is 1.72 bits per heavy atom. The van der Waals surface area contributed by atoms with E-state index in [0.717, 1.165) is 12.8 Å². The third kappa shape index (κ3) is 28.3. The van der Waals surface area contributed by atoms with Crippen LogP contribution in [0.5, 0.6) is 0 Å². The Labute approximate surface area is 234 Å². The molecule has 0 aliphatic heterocycles. The first kappa shape index (κ1) is 39.5. The van der Waals surface area contributed by atoms with Crippen LogP contribution in [0.2, 0.25) is 0 Å². The molecule has 178 valence electrons. The van der Waals surface area contributed by atoms with E-state index in [1.807, 2.05) is 0 Å². The Morgan fingerprint density at radius 2 is 1.38 bits per heavy atom. The first-order valence-corrected chi connectivity index (χ1v) is 11.6. The summed E-state index contributed by atoms with van der Waals surface area (Å²) in [6.07, 6.45) is 10.6. The summed E-state index contributed by atoms with van der Waals surface area (Å²) < 4.78 is 28.5. The Bertz CT molecular complexity index is 593. The van der Waals surface area contributed by atoms with Crippen molar-refractivity contribution in [1.29, 1.82) is 0 Å². The largest absolute Gasteiger partial charge is 1.00 e. The van der Waals surface area contributed by atoms with Crippen LogP contribution in [0, 0.1) is 0 Å². The van der Waals surface area contributed by atoms with Crippen LogP contribution in [-0.4, -0.2) is 54.3 Å². The Kier molecular flexibility index (Phi) is 31.9. The van der Waals surface area contributed by atoms with Crippen LogP contribution in [0.15, 0.2) is 0 Å². The number of amides is 1. The molecule has 0 fully saturated rings. The molecular formula is C18H34N2Na2O9S. The number of aliphatic hydroxyl groups excluding tert-OH is 1. The van der Waals surface area contributed by atoms with Crippen LogP contribution in [0.3, 0.4) is 0 Å². The molecule has 0 saturated carbocycles. The second kappa shape index (κ2) is 25.9. The second-order valence-corrected chi connectivity index (χ2v) is 8.27. The number of carboxylic acid groups (broad SMARTS) is 2. The topological polar surface area (TPSA) is 196 Å². The van der Waals surface area contributed by atoms with E-state index in [-0.39, 0.29) is 71.6 Å². The molecule has 0 heterocycles. The number of carbonyl (C=O) groups excluding carboxylic acids is 3. The molecule has 4 N–H and O–H groups in total. The van der Waals surface area contributed by atoms with Gasteiger partial charge in [-0.3, -0.25) is 14.8 Å². The van der Waals surface area contributed by atoms with Gasteiger partial charge in [0.05, 0.1) is 12.6 Å². The van der Waals surface area contributed by atoms with Crippen LogP contribution in [0.4, 0.5) is 0 Å². The molecule has 32 heavy (non-hydrogen) atoms. The Balaban J connectivity index is -0.000000247. The van der Waals surface area contributed by atoms with Gasteiger partial charge in [-0.2, -0.15) is 8.42 Å². The number of unbranched alkanes of at least 4 members (excludes halogenated alkanes) is 8. The number of nitrogens with one attached hydrogen (secondary N) is 2. The molecule has 1 amide bonds. The number of aliphatic hydroxyl groups is 1. The third-order valence-corrected chi connectivity index (χ3v) is 5.02. The van der Waals surface area contributed by atoms with Crippen molar-refractivity contribution in [2.45, 2.75) is 82.8 Å². The average molecular weight is 501 g/mol. The second-order valence-electron chi connectivity index (χ2n) is 6.68. The number of carboxylic acids is 2. The molecule has 1 unspecified atom stereocenters. The zero-order valence-electron chi connectivity index (χ0n) is 19.4. The molecule has 0 aliphatic rings. The van der Waals surface area contributed by atoms with Crippen LogP contribution in [0.25, 0.3) is 0 Å². The van der Waals surface area contributed by atoms with Gasteiger partial charge in [-0.05, 0) is 6.42 Å². The van der Waals surface area contributed by atoms with E-state index in [1.54, 1.807) is 0 Å². The van der Waals surface area contributed by atoms with E-state index in [2.05, 4.69) is 17.8 Å². The number of hydrogen-bond acceptors (Lipinski definition) is 9. The van der Waals surface area contributed by atoms with Crippen molar-refractivity contribution in [2.24, 2.45) is 0 Å². The number of carbonyl (C=O) groups is 3. The van der Waals surface area contributed by atoms with Crippen LogP contribution in [0.1, 0.15) is 77.6 Å². The van der Waals surface area contributed by atoms with Gasteiger partial charge in [0.15, 0.2) is 0 Å². The maximum absolute atomic E-state index is 11.3. The normalized spacial score (nSPS) is 11.1. The fourth-order valence-electron chi connectivity index (χ4n) is 2.34. The summed E-state index contributed by atoms with van der Waals surface area (Å²) in [5, 5.41) is 25.8. The zero-order chi connectivity index (χ0) is 23.4. The summed E-state index contributed by atoms with van der Waals surface area (Å²) in [6, 6.07) is 0. The van der Waals surface area contributed by atoms with Crippen molar-refractivity contribution in [1.82, 2.24) is 10.9 Å². The van der Waals surface area contributed by atoms with Crippen LogP contribution < -0.4 is 80.2 Å². The van der Waals surface area contributed by atoms with E-state index < -0.39 is 33.7 Å². The minimum Gasteiger partial charge on any atom is -0.550 e. The molecule has 0 saturated heterocycles. The zero-order valence-corrected chi connectivity index (χ0v) is 24.2. The molecule has 14 heteroatoms. The standard InChI is InChI=1S/C14H30N2O2.C4H6O7S.2Na/c1-2-3-4-5-6-7-8-9-10-11-14(18)16-15-12-13-17;5-3(6)1-2(4(7)8)12(9,10)11;;/h15,17H,2-13H2,1H3,(H,16,18);2H,1H2,(H,5,6)(H,7,8)(H,9,10,11);;/q;;2*+1/p-2. The Hall–Kier alpha value is 0.240. The monoisotopic (exact) mass is 500 g/mol. The van der Waals surface area contributed by atoms with Crippen molar-refractivity contribution in [3.8, 4) is 0 Å². The summed E-state index contributed by atoms with van der Waals surface area (Å²) in [4.78, 5) is 31.0. The number of hydrazine groups is 1. The van der Waals surface area contributed by atoms with Crippen LogP contribution >= 0.6 is 0 Å². The minimum atomic E-state index is -4.94. The molecule has 0 bridgehead atoms. The Morgan fingerprint density at radius 1 is 0.906 bits per heavy atom. The minimum absolute atomic E-state index is 0. The molecular weight excluding hydrogens is 466 g/mol. The number of aliphatic carboxylic acids is 2. The van der Waals surface area contributed by atoms with Crippen molar-refractivity contribution >= 4 is 28.0 Å². The predicted octanol–water partition coefficient (Wildman–Crippen LogP) is -7.34. The maximum Gasteiger partial charge on any atom is 1.00 e. The van der Waals surface area contributed by atoms with Gasteiger partial charge in [0, 0.05) is 25.4 Å². The van der Waals surface area contributed by atoms with Gasteiger partial charge in [0.2, 0.25) is 5.91 Å². The van der Waals surface area contributed by atoms with E-state index in [1.165, 1.54) is 44.9 Å². The molecule has 0 aromatic rings. The van der Waals surface area contributed by atoms with Gasteiger partial charge in [0.25, 0.3) is 10.1 Å². The molecule has 0 aromatic carbocycles.